The van der Waals surface area contributed by atoms with Gasteiger partial charge < -0.3 is 14.6 Å². The molecule has 1 heterocycles. The van der Waals surface area contributed by atoms with Gasteiger partial charge in [0.05, 0.1) is 12.6 Å². The summed E-state index contributed by atoms with van der Waals surface area (Å²) in [5, 5.41) is 12.4. The number of carbonyl (C=O) groups is 1. The predicted molar refractivity (Wildman–Crippen MR) is 110 cm³/mol. The van der Waals surface area contributed by atoms with Crippen LogP contribution in [0.25, 0.3) is 6.08 Å². The molecule has 1 amide bonds. The maximum Gasteiger partial charge on any atom is 0.262 e. The van der Waals surface area contributed by atoms with Crippen molar-refractivity contribution in [2.24, 2.45) is 5.92 Å². The van der Waals surface area contributed by atoms with Crippen LogP contribution in [-0.4, -0.2) is 30.2 Å². The largest absolute Gasteiger partial charge is 0.383 e. The summed E-state index contributed by atoms with van der Waals surface area (Å²) >= 11 is 0. The van der Waals surface area contributed by atoms with Crippen LogP contribution in [0.15, 0.2) is 11.6 Å². The quantitative estimate of drug-likeness (QED) is 0.483. The molecule has 5 nitrogen and oxygen atoms in total. The van der Waals surface area contributed by atoms with E-state index in [1.807, 2.05) is 26.8 Å². The van der Waals surface area contributed by atoms with E-state index in [2.05, 4.69) is 36.7 Å². The van der Waals surface area contributed by atoms with Crippen molar-refractivity contribution in [1.82, 2.24) is 9.88 Å². The molecular weight excluding hydrogens is 338 g/mol. The van der Waals surface area contributed by atoms with Crippen LogP contribution < -0.4 is 5.32 Å². The minimum atomic E-state index is -0.302. The molecule has 0 spiro atoms. The Morgan fingerprint density at radius 1 is 1.30 bits per heavy atom. The zero-order valence-corrected chi connectivity index (χ0v) is 17.9. The lowest BCUT2D eigenvalue weighted by molar-refractivity contribution is -0.117. The molecule has 0 radical (unpaired) electrons. The van der Waals surface area contributed by atoms with Crippen LogP contribution >= 0.6 is 0 Å². The topological polar surface area (TPSA) is 67.0 Å². The normalized spacial score (nSPS) is 14.1. The third-order valence-corrected chi connectivity index (χ3v) is 4.83. The molecule has 0 aromatic carbocycles. The van der Waals surface area contributed by atoms with Crippen molar-refractivity contribution < 1.29 is 9.53 Å². The van der Waals surface area contributed by atoms with Gasteiger partial charge in [-0.25, -0.2) is 0 Å². The summed E-state index contributed by atoms with van der Waals surface area (Å²) < 4.78 is 7.43. The van der Waals surface area contributed by atoms with Gasteiger partial charge in [-0.3, -0.25) is 4.79 Å². The fourth-order valence-electron chi connectivity index (χ4n) is 3.45. The van der Waals surface area contributed by atoms with Gasteiger partial charge in [0, 0.05) is 24.5 Å². The highest BCUT2D eigenvalue weighted by Gasteiger charge is 2.17. The summed E-state index contributed by atoms with van der Waals surface area (Å²) in [4.78, 5) is 12.5. The summed E-state index contributed by atoms with van der Waals surface area (Å²) in [6.45, 7) is 13.1. The molecule has 150 valence electrons. The highest BCUT2D eigenvalue weighted by molar-refractivity contribution is 6.01. The Labute approximate surface area is 164 Å². The molecule has 1 aromatic rings. The van der Waals surface area contributed by atoms with Crippen molar-refractivity contribution in [3.8, 4) is 6.07 Å². The number of amides is 1. The van der Waals surface area contributed by atoms with Gasteiger partial charge in [-0.2, -0.15) is 5.26 Å². The molecule has 0 aliphatic heterocycles. The Morgan fingerprint density at radius 2 is 1.96 bits per heavy atom. The van der Waals surface area contributed by atoms with Crippen molar-refractivity contribution >= 4 is 12.0 Å². The Morgan fingerprint density at radius 3 is 2.52 bits per heavy atom. The number of methoxy groups -OCH3 is 1. The van der Waals surface area contributed by atoms with E-state index in [-0.39, 0.29) is 23.6 Å². The second kappa shape index (κ2) is 10.9. The minimum Gasteiger partial charge on any atom is -0.383 e. The van der Waals surface area contributed by atoms with E-state index >= 15 is 0 Å². The highest BCUT2D eigenvalue weighted by Crippen LogP contribution is 2.23. The molecule has 27 heavy (non-hydrogen) atoms. The van der Waals surface area contributed by atoms with Gasteiger partial charge in [0.2, 0.25) is 0 Å². The molecule has 0 saturated carbocycles. The van der Waals surface area contributed by atoms with E-state index < -0.39 is 0 Å². The number of ether oxygens (including phenoxy) is 1. The van der Waals surface area contributed by atoms with Crippen LogP contribution in [0.1, 0.15) is 70.0 Å². The first-order valence-corrected chi connectivity index (χ1v) is 9.81. The first kappa shape index (κ1) is 23.0. The maximum absolute atomic E-state index is 12.5. The van der Waals surface area contributed by atoms with Crippen LogP contribution in [0.4, 0.5) is 0 Å². The van der Waals surface area contributed by atoms with Crippen molar-refractivity contribution in [2.75, 3.05) is 13.7 Å². The first-order chi connectivity index (χ1) is 12.7. The Balaban J connectivity index is 2.89. The Hall–Kier alpha value is -2.06. The number of hydrogen-bond donors (Lipinski definition) is 1. The molecular formula is C22H35N3O2. The third kappa shape index (κ3) is 6.88. The zero-order chi connectivity index (χ0) is 20.6. The van der Waals surface area contributed by atoms with Crippen molar-refractivity contribution in [3.05, 3.63) is 28.6 Å². The highest BCUT2D eigenvalue weighted by atomic mass is 16.5. The second-order valence-electron chi connectivity index (χ2n) is 7.87. The second-order valence-corrected chi connectivity index (χ2v) is 7.87. The summed E-state index contributed by atoms with van der Waals surface area (Å²) in [7, 11) is 1.69. The smallest absolute Gasteiger partial charge is 0.262 e. The van der Waals surface area contributed by atoms with Crippen LogP contribution in [0.2, 0.25) is 0 Å². The third-order valence-electron chi connectivity index (χ3n) is 4.83. The van der Waals surface area contributed by atoms with E-state index in [4.69, 9.17) is 4.74 Å². The number of carbonyl (C=O) groups excluding carboxylic acids is 1. The molecule has 2 unspecified atom stereocenters. The Bertz CT molecular complexity index is 695. The van der Waals surface area contributed by atoms with E-state index in [0.717, 1.165) is 36.2 Å². The fourth-order valence-corrected chi connectivity index (χ4v) is 3.45. The molecule has 1 aromatic heterocycles. The van der Waals surface area contributed by atoms with Gasteiger partial charge in [0.1, 0.15) is 11.6 Å². The lowest BCUT2D eigenvalue weighted by Gasteiger charge is -2.17. The molecule has 2 atom stereocenters. The van der Waals surface area contributed by atoms with Gasteiger partial charge in [-0.15, -0.1) is 0 Å². The summed E-state index contributed by atoms with van der Waals surface area (Å²) in [6, 6.07) is 4.32. The van der Waals surface area contributed by atoms with E-state index in [1.165, 1.54) is 0 Å². The number of aryl methyl sites for hydroxylation is 1. The van der Waals surface area contributed by atoms with Crippen LogP contribution in [-0.2, 0) is 9.53 Å². The van der Waals surface area contributed by atoms with E-state index in [0.29, 0.717) is 12.5 Å². The molecule has 0 aliphatic carbocycles. The summed E-state index contributed by atoms with van der Waals surface area (Å²) in [5.41, 5.74) is 3.16. The average Bonchev–Trinajstić information content (AvgIpc) is 2.85. The summed E-state index contributed by atoms with van der Waals surface area (Å²) in [6.07, 6.45) is 4.83. The molecule has 5 heteroatoms. The van der Waals surface area contributed by atoms with Gasteiger partial charge in [-0.05, 0) is 57.7 Å². The van der Waals surface area contributed by atoms with Gasteiger partial charge in [0.25, 0.3) is 5.91 Å². The van der Waals surface area contributed by atoms with Crippen LogP contribution in [0, 0.1) is 31.1 Å². The van der Waals surface area contributed by atoms with Gasteiger partial charge in [-0.1, -0.05) is 26.7 Å². The Kier molecular flexibility index (Phi) is 9.31. The SMILES string of the molecule is COCC(C)n1c(C)cc(/C=C(\C#N)C(=O)NC(C)CCCC(C)C)c1C. The van der Waals surface area contributed by atoms with Gasteiger partial charge in [0.15, 0.2) is 0 Å². The molecule has 0 saturated heterocycles. The van der Waals surface area contributed by atoms with Crippen molar-refractivity contribution in [2.45, 2.75) is 72.9 Å². The predicted octanol–water partition coefficient (Wildman–Crippen LogP) is 4.55. The number of rotatable bonds is 10. The van der Waals surface area contributed by atoms with Crippen LogP contribution in [0.5, 0.6) is 0 Å². The zero-order valence-electron chi connectivity index (χ0n) is 17.9. The number of aromatic nitrogens is 1. The lowest BCUT2D eigenvalue weighted by atomic mass is 10.0. The number of nitriles is 1. The first-order valence-electron chi connectivity index (χ1n) is 9.81. The van der Waals surface area contributed by atoms with Crippen molar-refractivity contribution in [3.63, 3.8) is 0 Å². The minimum absolute atomic E-state index is 0.0576. The standard InChI is InChI=1S/C22H35N3O2/c1-15(2)9-8-10-16(3)24-22(26)21(13-23)12-20-11-17(4)25(19(20)6)18(5)14-27-7/h11-12,15-16,18H,8-10,14H2,1-7H3,(H,24,26)/b21-12+. The fraction of sp³-hybridized carbons (Fsp3) is 0.636. The summed E-state index contributed by atoms with van der Waals surface area (Å²) in [5.74, 6) is 0.363. The number of nitrogens with one attached hydrogen (secondary N) is 1. The van der Waals surface area contributed by atoms with E-state index in [1.54, 1.807) is 13.2 Å². The molecule has 0 bridgehead atoms. The lowest BCUT2D eigenvalue weighted by Crippen LogP contribution is -2.33. The molecule has 1 rings (SSSR count). The average molecular weight is 374 g/mol. The number of nitrogens with zero attached hydrogens (tertiary/aromatic N) is 2. The maximum atomic E-state index is 12.5. The molecule has 1 N–H and O–H groups in total. The molecule has 0 fully saturated rings. The monoisotopic (exact) mass is 373 g/mol. The van der Waals surface area contributed by atoms with Gasteiger partial charge >= 0.3 is 0 Å². The van der Waals surface area contributed by atoms with Crippen LogP contribution in [0.3, 0.4) is 0 Å². The van der Waals surface area contributed by atoms with Crippen molar-refractivity contribution in [1.29, 1.82) is 5.26 Å². The molecule has 0 aliphatic rings. The van der Waals surface area contributed by atoms with E-state index in [9.17, 15) is 10.1 Å². The number of hydrogen-bond acceptors (Lipinski definition) is 3.